The van der Waals surface area contributed by atoms with Crippen molar-refractivity contribution in [3.05, 3.63) is 53.6 Å². The van der Waals surface area contributed by atoms with Crippen molar-refractivity contribution in [2.75, 3.05) is 5.32 Å². The van der Waals surface area contributed by atoms with Gasteiger partial charge in [0.1, 0.15) is 5.52 Å². The Kier molecular flexibility index (Phi) is 4.53. The molecule has 27 heavy (non-hydrogen) atoms. The van der Waals surface area contributed by atoms with Gasteiger partial charge in [0, 0.05) is 16.6 Å². The minimum atomic E-state index is -0.353. The van der Waals surface area contributed by atoms with Crippen LogP contribution in [0.1, 0.15) is 18.1 Å². The fourth-order valence-electron chi connectivity index (χ4n) is 2.89. The molecule has 2 aromatic carbocycles. The van der Waals surface area contributed by atoms with Crippen LogP contribution in [0, 0.1) is 13.8 Å². The van der Waals surface area contributed by atoms with E-state index in [0.717, 1.165) is 33.2 Å². The van der Waals surface area contributed by atoms with Gasteiger partial charge < -0.3 is 10.3 Å². The Morgan fingerprint density at radius 1 is 1.11 bits per heavy atom. The first-order chi connectivity index (χ1) is 13.0. The number of aromatic amines is 1. The maximum Gasteiger partial charge on any atom is 0.237 e. The summed E-state index contributed by atoms with van der Waals surface area (Å²) in [6.45, 7) is 5.86. The van der Waals surface area contributed by atoms with E-state index in [-0.39, 0.29) is 11.2 Å². The van der Waals surface area contributed by atoms with Crippen LogP contribution >= 0.6 is 11.8 Å². The van der Waals surface area contributed by atoms with E-state index in [1.54, 1.807) is 0 Å². The first-order valence-electron chi connectivity index (χ1n) is 8.68. The second-order valence-corrected chi connectivity index (χ2v) is 7.77. The highest BCUT2D eigenvalue weighted by Gasteiger charge is 2.18. The lowest BCUT2D eigenvalue weighted by Crippen LogP contribution is -2.23. The number of carbonyl (C=O) groups excluding carboxylic acids is 1. The number of nitrogens with zero attached hydrogens (tertiary/aromatic N) is 3. The minimum absolute atomic E-state index is 0.0888. The molecule has 0 aliphatic carbocycles. The van der Waals surface area contributed by atoms with Crippen LogP contribution in [0.5, 0.6) is 0 Å². The maximum atomic E-state index is 12.6. The quantitative estimate of drug-likeness (QED) is 0.520. The van der Waals surface area contributed by atoms with Gasteiger partial charge in [0.05, 0.1) is 5.25 Å². The van der Waals surface area contributed by atoms with E-state index in [4.69, 9.17) is 0 Å². The molecule has 2 aromatic heterocycles. The van der Waals surface area contributed by atoms with Crippen molar-refractivity contribution < 1.29 is 4.79 Å². The molecule has 6 nitrogen and oxygen atoms in total. The van der Waals surface area contributed by atoms with Crippen molar-refractivity contribution in [3.63, 3.8) is 0 Å². The van der Waals surface area contributed by atoms with Crippen molar-refractivity contribution in [1.82, 2.24) is 20.2 Å². The van der Waals surface area contributed by atoms with Crippen LogP contribution < -0.4 is 5.32 Å². The Hall–Kier alpha value is -2.93. The van der Waals surface area contributed by atoms with Gasteiger partial charge in [-0.25, -0.2) is 4.98 Å². The highest BCUT2D eigenvalue weighted by Crippen LogP contribution is 2.26. The fourth-order valence-corrected chi connectivity index (χ4v) is 3.60. The number of rotatable bonds is 4. The normalized spacial score (nSPS) is 12.4. The highest BCUT2D eigenvalue weighted by atomic mass is 32.2. The first kappa shape index (κ1) is 17.5. The number of carbonyl (C=O) groups is 1. The average Bonchev–Trinajstić information content (AvgIpc) is 3.03. The number of para-hydroxylation sites is 1. The van der Waals surface area contributed by atoms with Gasteiger partial charge >= 0.3 is 0 Å². The van der Waals surface area contributed by atoms with Gasteiger partial charge in [0.25, 0.3) is 0 Å². The number of amides is 1. The van der Waals surface area contributed by atoms with Gasteiger partial charge in [-0.05, 0) is 44.0 Å². The summed E-state index contributed by atoms with van der Waals surface area (Å²) in [4.78, 5) is 20.3. The van der Waals surface area contributed by atoms with Gasteiger partial charge in [-0.3, -0.25) is 4.79 Å². The van der Waals surface area contributed by atoms with Crippen molar-refractivity contribution >= 4 is 45.4 Å². The number of fused-ring (bicyclic) bond motifs is 3. The number of hydrogen-bond acceptors (Lipinski definition) is 5. The zero-order chi connectivity index (χ0) is 19.0. The van der Waals surface area contributed by atoms with Crippen LogP contribution in [-0.4, -0.2) is 31.3 Å². The molecule has 4 aromatic rings. The molecule has 0 aliphatic heterocycles. The lowest BCUT2D eigenvalue weighted by atomic mass is 10.1. The van der Waals surface area contributed by atoms with Crippen LogP contribution in [0.15, 0.2) is 47.6 Å². The molecule has 1 unspecified atom stereocenters. The average molecular weight is 377 g/mol. The number of anilines is 1. The summed E-state index contributed by atoms with van der Waals surface area (Å²) in [6.07, 6.45) is 0. The van der Waals surface area contributed by atoms with Crippen LogP contribution in [0.3, 0.4) is 0 Å². The molecule has 0 fully saturated rings. The third-order valence-corrected chi connectivity index (χ3v) is 5.57. The molecule has 0 bridgehead atoms. The van der Waals surface area contributed by atoms with Crippen LogP contribution in [0.2, 0.25) is 0 Å². The number of hydrogen-bond donors (Lipinski definition) is 2. The topological polar surface area (TPSA) is 83.6 Å². The third-order valence-electron chi connectivity index (χ3n) is 4.62. The van der Waals surface area contributed by atoms with Gasteiger partial charge in [0.15, 0.2) is 5.65 Å². The van der Waals surface area contributed by atoms with Gasteiger partial charge in [-0.2, -0.15) is 0 Å². The molecule has 7 heteroatoms. The SMILES string of the molecule is Cc1cccc(NC(=O)C(C)Sc2nnc3c(n2)[nH]c2ccccc23)c1C. The smallest absolute Gasteiger partial charge is 0.237 e. The van der Waals surface area contributed by atoms with E-state index < -0.39 is 0 Å². The zero-order valence-electron chi connectivity index (χ0n) is 15.3. The number of H-pyrrole nitrogens is 1. The molecule has 1 amide bonds. The minimum Gasteiger partial charge on any atom is -0.338 e. The Balaban J connectivity index is 1.53. The molecule has 2 heterocycles. The largest absolute Gasteiger partial charge is 0.338 e. The Morgan fingerprint density at radius 3 is 2.78 bits per heavy atom. The first-order valence-corrected chi connectivity index (χ1v) is 9.56. The fraction of sp³-hybridized carbons (Fsp3) is 0.200. The van der Waals surface area contributed by atoms with Crippen molar-refractivity contribution in [1.29, 1.82) is 0 Å². The molecule has 0 spiro atoms. The molecule has 4 rings (SSSR count). The number of thioether (sulfide) groups is 1. The third kappa shape index (κ3) is 3.38. The van der Waals surface area contributed by atoms with Crippen molar-refractivity contribution in [3.8, 4) is 0 Å². The molecular formula is C20H19N5OS. The van der Waals surface area contributed by atoms with Crippen molar-refractivity contribution in [2.24, 2.45) is 0 Å². The second kappa shape index (κ2) is 7.00. The molecule has 0 saturated heterocycles. The predicted octanol–water partition coefficient (Wildman–Crippen LogP) is 4.24. The summed E-state index contributed by atoms with van der Waals surface area (Å²) in [6, 6.07) is 13.8. The lowest BCUT2D eigenvalue weighted by molar-refractivity contribution is -0.115. The summed E-state index contributed by atoms with van der Waals surface area (Å²) in [5.41, 5.74) is 5.43. The molecule has 1 atom stereocenters. The maximum absolute atomic E-state index is 12.6. The summed E-state index contributed by atoms with van der Waals surface area (Å²) < 4.78 is 0. The predicted molar refractivity (Wildman–Crippen MR) is 109 cm³/mol. The Bertz CT molecular complexity index is 1150. The summed E-state index contributed by atoms with van der Waals surface area (Å²) in [5.74, 6) is -0.0888. The second-order valence-electron chi connectivity index (χ2n) is 6.46. The Labute approximate surface area is 160 Å². The molecule has 136 valence electrons. The van der Waals surface area contributed by atoms with Crippen LogP contribution in [0.4, 0.5) is 5.69 Å². The van der Waals surface area contributed by atoms with Gasteiger partial charge in [0.2, 0.25) is 11.1 Å². The lowest BCUT2D eigenvalue weighted by Gasteiger charge is -2.13. The summed E-state index contributed by atoms with van der Waals surface area (Å²) in [7, 11) is 0. The van der Waals surface area contributed by atoms with E-state index in [1.165, 1.54) is 11.8 Å². The van der Waals surface area contributed by atoms with E-state index in [1.807, 2.05) is 63.2 Å². The monoisotopic (exact) mass is 377 g/mol. The Morgan fingerprint density at radius 2 is 1.93 bits per heavy atom. The molecule has 0 aliphatic rings. The van der Waals surface area contributed by atoms with Crippen LogP contribution in [0.25, 0.3) is 22.1 Å². The molecular weight excluding hydrogens is 358 g/mol. The molecule has 0 saturated carbocycles. The summed E-state index contributed by atoms with van der Waals surface area (Å²) >= 11 is 1.29. The molecule has 0 radical (unpaired) electrons. The number of aryl methyl sites for hydroxylation is 1. The van der Waals surface area contributed by atoms with E-state index in [9.17, 15) is 4.79 Å². The van der Waals surface area contributed by atoms with E-state index >= 15 is 0 Å². The van der Waals surface area contributed by atoms with Crippen molar-refractivity contribution in [2.45, 2.75) is 31.2 Å². The number of benzene rings is 2. The standard InChI is InChI=1S/C20H19N5OS/c1-11-7-6-10-15(12(11)2)22-19(26)13(3)27-20-23-18-17(24-25-20)14-8-4-5-9-16(14)21-18/h4-10,13H,1-3H3,(H,22,26)(H,21,23,25). The highest BCUT2D eigenvalue weighted by molar-refractivity contribution is 8.00. The van der Waals surface area contributed by atoms with Gasteiger partial charge in [-0.15, -0.1) is 10.2 Å². The molecule has 2 N–H and O–H groups in total. The number of nitrogens with one attached hydrogen (secondary N) is 2. The van der Waals surface area contributed by atoms with Gasteiger partial charge in [-0.1, -0.05) is 42.1 Å². The van der Waals surface area contributed by atoms with Crippen LogP contribution in [-0.2, 0) is 4.79 Å². The number of aromatic nitrogens is 4. The summed E-state index contributed by atoms with van der Waals surface area (Å²) in [5, 5.41) is 12.6. The zero-order valence-corrected chi connectivity index (χ0v) is 16.1. The van der Waals surface area contributed by atoms with E-state index in [2.05, 4.69) is 25.5 Å². The van der Waals surface area contributed by atoms with E-state index in [0.29, 0.717) is 10.8 Å².